The van der Waals surface area contributed by atoms with Gasteiger partial charge >= 0.3 is 6.18 Å². The Morgan fingerprint density at radius 3 is 2.39 bits per heavy atom. The summed E-state index contributed by atoms with van der Waals surface area (Å²) in [6.07, 6.45) is -4.61. The van der Waals surface area contributed by atoms with Gasteiger partial charge in [-0.3, -0.25) is 14.9 Å². The molecule has 1 aromatic carbocycles. The Hall–Kier alpha value is -2.69. The summed E-state index contributed by atoms with van der Waals surface area (Å²) in [6, 6.07) is 5.69. The van der Waals surface area contributed by atoms with Gasteiger partial charge in [0.05, 0.1) is 0 Å². The number of nitrogens with one attached hydrogen (secondary N) is 1. The van der Waals surface area contributed by atoms with Crippen LogP contribution in [0.2, 0.25) is 0 Å². The normalized spacial score (nSPS) is 11.1. The molecule has 0 fully saturated rings. The maximum atomic E-state index is 12.3. The smallest absolute Gasteiger partial charge is 0.445 e. The van der Waals surface area contributed by atoms with Gasteiger partial charge in [0.15, 0.2) is 6.61 Å². The third-order valence-corrected chi connectivity index (χ3v) is 3.31. The minimum Gasteiger partial charge on any atom is -0.484 e. The lowest BCUT2D eigenvalue weighted by atomic mass is 10.2. The van der Waals surface area contributed by atoms with E-state index in [0.29, 0.717) is 5.75 Å². The van der Waals surface area contributed by atoms with Gasteiger partial charge in [-0.05, 0) is 24.3 Å². The molecule has 122 valence electrons. The number of nitrogens with two attached hydrogens (primary N) is 1. The summed E-state index contributed by atoms with van der Waals surface area (Å²) in [5, 5.41) is 6.85. The molecule has 2 amide bonds. The Balaban J connectivity index is 1.87. The second-order valence-electron chi connectivity index (χ2n) is 4.14. The van der Waals surface area contributed by atoms with Crippen molar-refractivity contribution in [1.82, 2.24) is 10.2 Å². The number of alkyl halides is 3. The van der Waals surface area contributed by atoms with Crippen molar-refractivity contribution < 1.29 is 27.5 Å². The van der Waals surface area contributed by atoms with Gasteiger partial charge < -0.3 is 10.5 Å². The zero-order valence-electron chi connectivity index (χ0n) is 11.3. The Labute approximate surface area is 131 Å². The average Bonchev–Trinajstić information content (AvgIpc) is 2.94. The number of carbonyl (C=O) groups is 2. The monoisotopic (exact) mass is 346 g/mol. The molecule has 0 atom stereocenters. The van der Waals surface area contributed by atoms with Crippen LogP contribution in [0.5, 0.6) is 5.75 Å². The largest absolute Gasteiger partial charge is 0.484 e. The average molecular weight is 346 g/mol. The summed E-state index contributed by atoms with van der Waals surface area (Å²) >= 11 is 0.209. The van der Waals surface area contributed by atoms with Crippen LogP contribution in [0.1, 0.15) is 15.4 Å². The number of hydrogen-bond donors (Lipinski definition) is 2. The topological polar surface area (TPSA) is 107 Å². The minimum absolute atomic E-state index is 0.209. The highest BCUT2D eigenvalue weighted by molar-refractivity contribution is 7.15. The Kier molecular flexibility index (Phi) is 4.79. The van der Waals surface area contributed by atoms with Crippen molar-refractivity contribution >= 4 is 28.3 Å². The molecule has 0 aliphatic rings. The van der Waals surface area contributed by atoms with Crippen LogP contribution >= 0.6 is 11.3 Å². The Morgan fingerprint density at radius 1 is 1.22 bits per heavy atom. The third-order valence-electron chi connectivity index (χ3n) is 2.42. The Bertz CT molecular complexity index is 715. The number of rotatable bonds is 5. The molecule has 0 radical (unpaired) electrons. The van der Waals surface area contributed by atoms with Gasteiger partial charge in [0.2, 0.25) is 16.0 Å². The summed E-state index contributed by atoms with van der Waals surface area (Å²) in [5.41, 5.74) is 5.34. The van der Waals surface area contributed by atoms with Gasteiger partial charge in [0.1, 0.15) is 5.75 Å². The second-order valence-corrected chi connectivity index (χ2v) is 5.11. The highest BCUT2D eigenvalue weighted by Crippen LogP contribution is 2.32. The lowest BCUT2D eigenvalue weighted by Crippen LogP contribution is -2.20. The molecule has 0 spiro atoms. The molecule has 0 bridgehead atoms. The molecule has 1 aromatic heterocycles. The molecule has 0 saturated carbocycles. The number of benzene rings is 1. The molecule has 2 aromatic rings. The second kappa shape index (κ2) is 6.60. The fourth-order valence-corrected chi connectivity index (χ4v) is 2.03. The van der Waals surface area contributed by atoms with Crippen LogP contribution in [0.15, 0.2) is 24.3 Å². The van der Waals surface area contributed by atoms with Gasteiger partial charge in [-0.2, -0.15) is 13.2 Å². The number of hydrogen-bond acceptors (Lipinski definition) is 6. The van der Waals surface area contributed by atoms with E-state index in [9.17, 15) is 22.8 Å². The minimum atomic E-state index is -4.61. The standard InChI is InChI=1S/C12H9F3N4O3S/c13-12(14,15)10-18-19-11(23-10)17-8(20)5-22-7-3-1-6(2-4-7)9(16)21/h1-4H,5H2,(H2,16,21)(H,17,19,20). The SMILES string of the molecule is NC(=O)c1ccc(OCC(=O)Nc2nnc(C(F)(F)F)s2)cc1. The van der Waals surface area contributed by atoms with Crippen molar-refractivity contribution in [3.05, 3.63) is 34.8 Å². The zero-order valence-corrected chi connectivity index (χ0v) is 12.1. The number of ether oxygens (including phenoxy) is 1. The van der Waals surface area contributed by atoms with E-state index in [0.717, 1.165) is 0 Å². The van der Waals surface area contributed by atoms with Crippen molar-refractivity contribution in [2.24, 2.45) is 5.73 Å². The maximum absolute atomic E-state index is 12.3. The number of primary amides is 1. The first-order valence-corrected chi connectivity index (χ1v) is 6.80. The van der Waals surface area contributed by atoms with E-state index >= 15 is 0 Å². The fraction of sp³-hybridized carbons (Fsp3) is 0.167. The van der Waals surface area contributed by atoms with Gasteiger partial charge in [-0.15, -0.1) is 10.2 Å². The summed E-state index contributed by atoms with van der Waals surface area (Å²) in [7, 11) is 0. The van der Waals surface area contributed by atoms with E-state index in [1.54, 1.807) is 0 Å². The van der Waals surface area contributed by atoms with Crippen LogP contribution in [0, 0.1) is 0 Å². The van der Waals surface area contributed by atoms with Crippen LogP contribution in [0.25, 0.3) is 0 Å². The summed E-state index contributed by atoms with van der Waals surface area (Å²) in [5.74, 6) is -1.02. The van der Waals surface area contributed by atoms with Crippen LogP contribution in [-0.2, 0) is 11.0 Å². The molecule has 2 rings (SSSR count). The van der Waals surface area contributed by atoms with E-state index in [1.807, 2.05) is 0 Å². The lowest BCUT2D eigenvalue weighted by molar-refractivity contribution is -0.138. The van der Waals surface area contributed by atoms with Crippen molar-refractivity contribution in [1.29, 1.82) is 0 Å². The van der Waals surface area contributed by atoms with E-state index in [2.05, 4.69) is 15.5 Å². The number of halogens is 3. The number of aromatic nitrogens is 2. The van der Waals surface area contributed by atoms with E-state index < -0.39 is 29.6 Å². The van der Waals surface area contributed by atoms with Crippen LogP contribution in [0.4, 0.5) is 18.3 Å². The van der Waals surface area contributed by atoms with E-state index in [-0.39, 0.29) is 22.0 Å². The molecule has 0 aliphatic heterocycles. The molecule has 7 nitrogen and oxygen atoms in total. The first kappa shape index (κ1) is 16.7. The van der Waals surface area contributed by atoms with Crippen molar-refractivity contribution in [2.75, 3.05) is 11.9 Å². The van der Waals surface area contributed by atoms with Crippen molar-refractivity contribution in [3.8, 4) is 5.75 Å². The van der Waals surface area contributed by atoms with E-state index in [1.165, 1.54) is 24.3 Å². The third kappa shape index (κ3) is 4.64. The highest BCUT2D eigenvalue weighted by atomic mass is 32.1. The van der Waals surface area contributed by atoms with Crippen LogP contribution < -0.4 is 15.8 Å². The lowest BCUT2D eigenvalue weighted by Gasteiger charge is -2.06. The summed E-state index contributed by atoms with van der Waals surface area (Å²) in [6.45, 7) is -0.448. The van der Waals surface area contributed by atoms with Crippen LogP contribution in [-0.4, -0.2) is 28.6 Å². The molecule has 1 heterocycles. The predicted octanol–water partition coefficient (Wildman–Crippen LogP) is 1.67. The van der Waals surface area contributed by atoms with Gasteiger partial charge in [0.25, 0.3) is 5.91 Å². The zero-order chi connectivity index (χ0) is 17.0. The molecule has 0 unspecified atom stereocenters. The molecular weight excluding hydrogens is 337 g/mol. The fourth-order valence-electron chi connectivity index (χ4n) is 1.41. The number of nitrogens with zero attached hydrogens (tertiary/aromatic N) is 2. The van der Waals surface area contributed by atoms with Crippen LogP contribution in [0.3, 0.4) is 0 Å². The first-order chi connectivity index (χ1) is 10.8. The quantitative estimate of drug-likeness (QED) is 0.856. The summed E-state index contributed by atoms with van der Waals surface area (Å²) in [4.78, 5) is 22.4. The Morgan fingerprint density at radius 2 is 1.87 bits per heavy atom. The number of anilines is 1. The van der Waals surface area contributed by atoms with Gasteiger partial charge in [-0.25, -0.2) is 0 Å². The summed E-state index contributed by atoms with van der Waals surface area (Å²) < 4.78 is 42.1. The van der Waals surface area contributed by atoms with Crippen molar-refractivity contribution in [3.63, 3.8) is 0 Å². The van der Waals surface area contributed by atoms with Gasteiger partial charge in [0, 0.05) is 5.56 Å². The maximum Gasteiger partial charge on any atom is 0.445 e. The molecule has 0 saturated heterocycles. The molecule has 11 heteroatoms. The predicted molar refractivity (Wildman–Crippen MR) is 74.0 cm³/mol. The number of carbonyl (C=O) groups excluding carboxylic acids is 2. The van der Waals surface area contributed by atoms with E-state index in [4.69, 9.17) is 10.5 Å². The van der Waals surface area contributed by atoms with Crippen molar-refractivity contribution in [2.45, 2.75) is 6.18 Å². The number of amides is 2. The molecule has 0 aliphatic carbocycles. The first-order valence-electron chi connectivity index (χ1n) is 5.99. The molecular formula is C12H9F3N4O3S. The van der Waals surface area contributed by atoms with Gasteiger partial charge in [-0.1, -0.05) is 11.3 Å². The highest BCUT2D eigenvalue weighted by Gasteiger charge is 2.35. The molecule has 3 N–H and O–H groups in total. The molecule has 23 heavy (non-hydrogen) atoms.